The summed E-state index contributed by atoms with van der Waals surface area (Å²) in [6, 6.07) is 5.87. The van der Waals surface area contributed by atoms with E-state index >= 15 is 0 Å². The monoisotopic (exact) mass is 308 g/mol. The van der Waals surface area contributed by atoms with Gasteiger partial charge in [-0.2, -0.15) is 0 Å². The summed E-state index contributed by atoms with van der Waals surface area (Å²) < 4.78 is 14.1. The third kappa shape index (κ3) is 2.09. The van der Waals surface area contributed by atoms with Crippen LogP contribution in [-0.4, -0.2) is 44.3 Å². The van der Waals surface area contributed by atoms with Crippen LogP contribution in [0.15, 0.2) is 24.3 Å². The fourth-order valence-electron chi connectivity index (χ4n) is 2.90. The van der Waals surface area contributed by atoms with Crippen molar-refractivity contribution in [1.29, 1.82) is 0 Å². The highest BCUT2D eigenvalue weighted by Crippen LogP contribution is 2.66. The van der Waals surface area contributed by atoms with E-state index in [0.29, 0.717) is 5.56 Å². The molecular weight excluding hydrogens is 292 g/mol. The minimum absolute atomic E-state index is 0.0285. The third-order valence-corrected chi connectivity index (χ3v) is 3.96. The predicted molar refractivity (Wildman–Crippen MR) is 72.8 cm³/mol. The molecule has 0 saturated heterocycles. The number of benzene rings is 1. The summed E-state index contributed by atoms with van der Waals surface area (Å²) in [6.45, 7) is 0. The van der Waals surface area contributed by atoms with Crippen LogP contribution >= 0.6 is 0 Å². The lowest BCUT2D eigenvalue weighted by molar-refractivity contribution is -0.165. The van der Waals surface area contributed by atoms with Gasteiger partial charge in [0.2, 0.25) is 0 Å². The Labute approximate surface area is 126 Å². The van der Waals surface area contributed by atoms with E-state index in [9.17, 15) is 19.5 Å². The zero-order valence-electron chi connectivity index (χ0n) is 12.4. The lowest BCUT2D eigenvalue weighted by Crippen LogP contribution is -2.33. The number of phenolic OH excluding ortho intramolecular Hbond substituents is 1. The minimum atomic E-state index is -1.76. The van der Waals surface area contributed by atoms with Gasteiger partial charge in [-0.05, 0) is 17.7 Å². The van der Waals surface area contributed by atoms with Crippen molar-refractivity contribution in [3.63, 3.8) is 0 Å². The normalized spacial score (nSPS) is 21.6. The maximum atomic E-state index is 12.2. The number of methoxy groups -OCH3 is 3. The molecule has 118 valence electrons. The molecule has 2 rings (SSSR count). The topological polar surface area (TPSA) is 99.1 Å². The molecule has 0 aromatic heterocycles. The van der Waals surface area contributed by atoms with E-state index in [0.717, 1.165) is 14.2 Å². The maximum absolute atomic E-state index is 12.2. The van der Waals surface area contributed by atoms with Gasteiger partial charge in [0.15, 0.2) is 5.41 Å². The van der Waals surface area contributed by atoms with Crippen LogP contribution in [0.25, 0.3) is 0 Å². The number of phenols is 1. The van der Waals surface area contributed by atoms with Crippen LogP contribution in [-0.2, 0) is 28.6 Å². The number of ether oxygens (including phenoxy) is 3. The van der Waals surface area contributed by atoms with Crippen LogP contribution in [0.5, 0.6) is 5.75 Å². The molecule has 1 aromatic rings. The molecule has 0 radical (unpaired) electrons. The Hall–Kier alpha value is -2.57. The first kappa shape index (κ1) is 15.8. The van der Waals surface area contributed by atoms with E-state index in [1.165, 1.54) is 31.4 Å². The molecule has 22 heavy (non-hydrogen) atoms. The van der Waals surface area contributed by atoms with Crippen molar-refractivity contribution in [2.24, 2.45) is 11.3 Å². The molecule has 1 saturated carbocycles. The van der Waals surface area contributed by atoms with E-state index in [4.69, 9.17) is 14.2 Å². The number of carbonyl (C=O) groups is 3. The van der Waals surface area contributed by atoms with Crippen LogP contribution in [0.2, 0.25) is 0 Å². The smallest absolute Gasteiger partial charge is 0.324 e. The lowest BCUT2D eigenvalue weighted by atomic mass is 9.98. The predicted octanol–water partition coefficient (Wildman–Crippen LogP) is 0.611. The van der Waals surface area contributed by atoms with Crippen molar-refractivity contribution in [3.8, 4) is 5.75 Å². The second-order valence-corrected chi connectivity index (χ2v) is 4.92. The molecule has 1 aliphatic carbocycles. The number of rotatable bonds is 4. The number of aromatic hydroxyl groups is 1. The van der Waals surface area contributed by atoms with Gasteiger partial charge >= 0.3 is 17.9 Å². The van der Waals surface area contributed by atoms with Crippen molar-refractivity contribution >= 4 is 17.9 Å². The highest BCUT2D eigenvalue weighted by Gasteiger charge is 2.80. The van der Waals surface area contributed by atoms with Crippen molar-refractivity contribution < 1.29 is 33.7 Å². The van der Waals surface area contributed by atoms with Gasteiger partial charge in [-0.3, -0.25) is 14.4 Å². The lowest BCUT2D eigenvalue weighted by Gasteiger charge is -2.13. The highest BCUT2D eigenvalue weighted by molar-refractivity contribution is 6.11. The zero-order valence-corrected chi connectivity index (χ0v) is 12.4. The van der Waals surface area contributed by atoms with Gasteiger partial charge < -0.3 is 19.3 Å². The largest absolute Gasteiger partial charge is 0.508 e. The first-order valence-electron chi connectivity index (χ1n) is 6.48. The molecule has 1 aromatic carbocycles. The number of esters is 3. The fraction of sp³-hybridized carbons (Fsp3) is 0.400. The average Bonchev–Trinajstić information content (AvgIpc) is 3.24. The first-order chi connectivity index (χ1) is 10.4. The summed E-state index contributed by atoms with van der Waals surface area (Å²) in [5.74, 6) is -4.17. The summed E-state index contributed by atoms with van der Waals surface area (Å²) in [5, 5.41) is 9.35. The second-order valence-electron chi connectivity index (χ2n) is 4.92. The molecule has 7 heteroatoms. The maximum Gasteiger partial charge on any atom is 0.324 e. The van der Waals surface area contributed by atoms with Crippen LogP contribution in [0, 0.1) is 11.3 Å². The number of carbonyl (C=O) groups excluding carboxylic acids is 3. The molecular formula is C15H16O7. The van der Waals surface area contributed by atoms with E-state index in [1.807, 2.05) is 0 Å². The molecule has 1 N–H and O–H groups in total. The van der Waals surface area contributed by atoms with E-state index < -0.39 is 35.2 Å². The molecule has 0 unspecified atom stereocenters. The quantitative estimate of drug-likeness (QED) is 0.494. The summed E-state index contributed by atoms with van der Waals surface area (Å²) >= 11 is 0. The zero-order chi connectivity index (χ0) is 16.5. The van der Waals surface area contributed by atoms with Crippen LogP contribution in [0.4, 0.5) is 0 Å². The Balaban J connectivity index is 2.53. The van der Waals surface area contributed by atoms with Gasteiger partial charge in [-0.25, -0.2) is 0 Å². The van der Waals surface area contributed by atoms with Gasteiger partial charge in [-0.1, -0.05) is 12.1 Å². The number of hydrogen-bond acceptors (Lipinski definition) is 7. The molecule has 0 heterocycles. The van der Waals surface area contributed by atoms with Crippen molar-refractivity contribution in [2.75, 3.05) is 21.3 Å². The Morgan fingerprint density at radius 2 is 1.45 bits per heavy atom. The molecule has 0 bridgehead atoms. The van der Waals surface area contributed by atoms with Crippen LogP contribution in [0.3, 0.4) is 0 Å². The molecule has 2 atom stereocenters. The molecule has 1 fully saturated rings. The van der Waals surface area contributed by atoms with Gasteiger partial charge in [0.25, 0.3) is 0 Å². The summed E-state index contributed by atoms with van der Waals surface area (Å²) in [5.41, 5.74) is -1.22. The van der Waals surface area contributed by atoms with Gasteiger partial charge in [-0.15, -0.1) is 0 Å². The van der Waals surface area contributed by atoms with Crippen molar-refractivity contribution in [1.82, 2.24) is 0 Å². The van der Waals surface area contributed by atoms with E-state index in [-0.39, 0.29) is 5.75 Å². The van der Waals surface area contributed by atoms with Crippen molar-refractivity contribution in [2.45, 2.75) is 5.92 Å². The summed E-state index contributed by atoms with van der Waals surface area (Å²) in [6.07, 6.45) is 0. The molecule has 7 nitrogen and oxygen atoms in total. The molecule has 0 spiro atoms. The second kappa shape index (κ2) is 5.67. The van der Waals surface area contributed by atoms with E-state index in [2.05, 4.69) is 0 Å². The van der Waals surface area contributed by atoms with Gasteiger partial charge in [0, 0.05) is 5.92 Å². The Morgan fingerprint density at radius 1 is 0.955 bits per heavy atom. The van der Waals surface area contributed by atoms with E-state index in [1.54, 1.807) is 0 Å². The molecule has 0 amide bonds. The van der Waals surface area contributed by atoms with Crippen LogP contribution < -0.4 is 0 Å². The minimum Gasteiger partial charge on any atom is -0.508 e. The summed E-state index contributed by atoms with van der Waals surface area (Å²) in [7, 11) is 3.44. The van der Waals surface area contributed by atoms with Gasteiger partial charge in [0.05, 0.1) is 27.2 Å². The Kier molecular flexibility index (Phi) is 4.07. The Bertz CT molecular complexity index is 589. The first-order valence-corrected chi connectivity index (χ1v) is 6.48. The highest BCUT2D eigenvalue weighted by atomic mass is 16.6. The van der Waals surface area contributed by atoms with Crippen molar-refractivity contribution in [3.05, 3.63) is 29.8 Å². The van der Waals surface area contributed by atoms with Gasteiger partial charge in [0.1, 0.15) is 5.75 Å². The number of hydrogen-bond donors (Lipinski definition) is 1. The fourth-order valence-corrected chi connectivity index (χ4v) is 2.90. The third-order valence-electron chi connectivity index (χ3n) is 3.96. The average molecular weight is 308 g/mol. The summed E-state index contributed by atoms with van der Waals surface area (Å²) in [4.78, 5) is 36.4. The Morgan fingerprint density at radius 3 is 1.86 bits per heavy atom. The molecule has 1 aliphatic rings. The SMILES string of the molecule is COC(=O)[C@H]1[C@H](c2ccc(O)cc2)C1(C(=O)OC)C(=O)OC. The van der Waals surface area contributed by atoms with Crippen LogP contribution in [0.1, 0.15) is 11.5 Å². The molecule has 0 aliphatic heterocycles. The standard InChI is InChI=1S/C15H16O7/c1-20-12(17)11-10(8-4-6-9(16)7-5-8)15(11,13(18)21-2)14(19)22-3/h4-7,10-11,16H,1-3H3/t10-,11+/m0/s1.